The topological polar surface area (TPSA) is 59.3 Å². The van der Waals surface area contributed by atoms with E-state index in [4.69, 9.17) is 21.1 Å². The molecule has 1 saturated carbocycles. The van der Waals surface area contributed by atoms with Crippen LogP contribution in [0.3, 0.4) is 0 Å². The Labute approximate surface area is 170 Å². The maximum Gasteiger partial charge on any atom is 0.396 e. The number of alkyl halides is 4. The third-order valence-electron chi connectivity index (χ3n) is 5.37. The highest BCUT2D eigenvalue weighted by atomic mass is 35.5. The lowest BCUT2D eigenvalue weighted by molar-refractivity contribution is -0.193. The molecule has 4 atom stereocenters. The molecule has 2 aromatic rings. The average Bonchev–Trinajstić information content (AvgIpc) is 3.14. The summed E-state index contributed by atoms with van der Waals surface area (Å²) in [5, 5.41) is 9.41. The second-order valence-corrected chi connectivity index (χ2v) is 7.93. The van der Waals surface area contributed by atoms with Gasteiger partial charge >= 0.3 is 12.1 Å². The summed E-state index contributed by atoms with van der Waals surface area (Å²) in [6.07, 6.45) is -6.08. The molecule has 3 rings (SSSR count). The molecule has 29 heavy (non-hydrogen) atoms. The molecule has 0 spiro atoms. The fourth-order valence-electron chi connectivity index (χ4n) is 3.37. The Balaban J connectivity index is 1.77. The number of benzene rings is 2. The molecule has 0 bridgehead atoms. The fourth-order valence-corrected chi connectivity index (χ4v) is 3.84. The Morgan fingerprint density at radius 3 is 2.31 bits per heavy atom. The van der Waals surface area contributed by atoms with E-state index in [1.165, 1.54) is 12.1 Å². The zero-order valence-electron chi connectivity index (χ0n) is 15.5. The second kappa shape index (κ2) is 7.27. The van der Waals surface area contributed by atoms with Crippen LogP contribution in [0, 0.1) is 22.7 Å². The molecule has 1 fully saturated rings. The van der Waals surface area contributed by atoms with Crippen molar-refractivity contribution >= 4 is 17.6 Å². The Kier molecular flexibility index (Phi) is 5.26. The molecule has 1 aliphatic carbocycles. The van der Waals surface area contributed by atoms with Gasteiger partial charge in [-0.15, -0.1) is 11.6 Å². The van der Waals surface area contributed by atoms with Gasteiger partial charge in [-0.1, -0.05) is 30.3 Å². The zero-order valence-corrected chi connectivity index (χ0v) is 16.3. The summed E-state index contributed by atoms with van der Waals surface area (Å²) >= 11 is 5.96. The minimum absolute atomic E-state index is 0.278. The summed E-state index contributed by atoms with van der Waals surface area (Å²) < 4.78 is 50.8. The molecule has 152 valence electrons. The number of nitrogens with zero attached hydrogens (tertiary/aromatic N) is 1. The van der Waals surface area contributed by atoms with Crippen molar-refractivity contribution in [3.8, 4) is 17.6 Å². The van der Waals surface area contributed by atoms with Gasteiger partial charge in [-0.2, -0.15) is 18.4 Å². The number of rotatable bonds is 5. The quantitative estimate of drug-likeness (QED) is 0.451. The van der Waals surface area contributed by atoms with Crippen LogP contribution in [0.2, 0.25) is 0 Å². The number of ether oxygens (including phenoxy) is 2. The maximum atomic E-state index is 13.4. The Morgan fingerprint density at radius 1 is 1.14 bits per heavy atom. The van der Waals surface area contributed by atoms with Gasteiger partial charge in [0, 0.05) is 5.56 Å². The van der Waals surface area contributed by atoms with Gasteiger partial charge in [0.15, 0.2) is 0 Å². The maximum absolute atomic E-state index is 13.4. The summed E-state index contributed by atoms with van der Waals surface area (Å²) in [5.74, 6) is -1.81. The molecule has 0 radical (unpaired) electrons. The molecule has 2 aromatic carbocycles. The Morgan fingerprint density at radius 2 is 1.76 bits per heavy atom. The minimum Gasteiger partial charge on any atom is -0.457 e. The second-order valence-electron chi connectivity index (χ2n) is 7.14. The van der Waals surface area contributed by atoms with Gasteiger partial charge in [-0.3, -0.25) is 4.79 Å². The normalized spacial score (nSPS) is 26.9. The van der Waals surface area contributed by atoms with E-state index in [-0.39, 0.29) is 5.56 Å². The van der Waals surface area contributed by atoms with E-state index in [0.29, 0.717) is 11.5 Å². The first-order valence-corrected chi connectivity index (χ1v) is 9.09. The van der Waals surface area contributed by atoms with Gasteiger partial charge in [-0.25, -0.2) is 0 Å². The summed E-state index contributed by atoms with van der Waals surface area (Å²) in [6, 6.07) is 16.9. The lowest BCUT2D eigenvalue weighted by Crippen LogP contribution is -2.29. The van der Waals surface area contributed by atoms with E-state index in [1.54, 1.807) is 42.5 Å². The van der Waals surface area contributed by atoms with Crippen LogP contribution in [0.1, 0.15) is 25.5 Å². The first kappa shape index (κ1) is 21.0. The van der Waals surface area contributed by atoms with Crippen molar-refractivity contribution in [1.29, 1.82) is 5.26 Å². The van der Waals surface area contributed by atoms with Crippen LogP contribution in [0.25, 0.3) is 0 Å². The van der Waals surface area contributed by atoms with Gasteiger partial charge < -0.3 is 9.47 Å². The van der Waals surface area contributed by atoms with Crippen LogP contribution in [0.5, 0.6) is 11.5 Å². The van der Waals surface area contributed by atoms with Gasteiger partial charge in [0.1, 0.15) is 17.6 Å². The highest BCUT2D eigenvalue weighted by Gasteiger charge is 2.85. The van der Waals surface area contributed by atoms with Gasteiger partial charge in [0.2, 0.25) is 6.10 Å². The molecule has 1 aliphatic rings. The molecule has 0 N–H and O–H groups in total. The number of carbonyl (C=O) groups is 1. The molecule has 0 heterocycles. The number of para-hydroxylation sites is 1. The molecule has 4 nitrogen and oxygen atoms in total. The molecule has 0 aromatic heterocycles. The monoisotopic (exact) mass is 423 g/mol. The summed E-state index contributed by atoms with van der Waals surface area (Å²) in [5.41, 5.74) is -2.14. The van der Waals surface area contributed by atoms with Gasteiger partial charge in [-0.05, 0) is 38.1 Å². The summed E-state index contributed by atoms with van der Waals surface area (Å²) in [6.45, 7) is 2.02. The van der Waals surface area contributed by atoms with Crippen LogP contribution in [-0.2, 0) is 9.53 Å². The average molecular weight is 424 g/mol. The van der Waals surface area contributed by atoms with Crippen molar-refractivity contribution in [2.45, 2.75) is 31.0 Å². The van der Waals surface area contributed by atoms with E-state index in [9.17, 15) is 23.2 Å². The van der Waals surface area contributed by atoms with E-state index in [1.807, 2.05) is 6.07 Å². The lowest BCUT2D eigenvalue weighted by atomic mass is 10.0. The zero-order chi connectivity index (χ0) is 21.4. The molecule has 0 aliphatic heterocycles. The number of halogens is 4. The van der Waals surface area contributed by atoms with Crippen LogP contribution < -0.4 is 4.74 Å². The van der Waals surface area contributed by atoms with Crippen molar-refractivity contribution in [3.63, 3.8) is 0 Å². The number of esters is 1. The molecule has 0 saturated heterocycles. The van der Waals surface area contributed by atoms with Crippen molar-refractivity contribution < 1.29 is 27.4 Å². The standard InChI is InChI=1S/C21H17ClF3NO3/c1-19(21(23,24)25)17(20(19,2)22)18(27)29-16(12-26)13-7-6-10-15(11-13)28-14-8-4-3-5-9-14/h3-11,16-17H,1-2H3. The lowest BCUT2D eigenvalue weighted by Gasteiger charge is -2.17. The largest absolute Gasteiger partial charge is 0.457 e. The Bertz CT molecular complexity index is 956. The summed E-state index contributed by atoms with van der Waals surface area (Å²) in [4.78, 5) is 10.6. The number of hydrogen-bond donors (Lipinski definition) is 0. The first-order valence-electron chi connectivity index (χ1n) is 8.71. The molecule has 8 heteroatoms. The third kappa shape index (κ3) is 3.65. The van der Waals surface area contributed by atoms with Crippen LogP contribution in [0.15, 0.2) is 54.6 Å². The molecule has 4 unspecified atom stereocenters. The first-order chi connectivity index (χ1) is 13.5. The molecular formula is C21H17ClF3NO3. The van der Waals surface area contributed by atoms with Crippen molar-refractivity contribution in [1.82, 2.24) is 0 Å². The van der Waals surface area contributed by atoms with Crippen molar-refractivity contribution in [2.24, 2.45) is 11.3 Å². The summed E-state index contributed by atoms with van der Waals surface area (Å²) in [7, 11) is 0. The predicted molar refractivity (Wildman–Crippen MR) is 99.3 cm³/mol. The van der Waals surface area contributed by atoms with Gasteiger partial charge in [0.25, 0.3) is 0 Å². The predicted octanol–water partition coefficient (Wildman–Crippen LogP) is 5.78. The SMILES string of the molecule is CC1(Cl)C(C(=O)OC(C#N)c2cccc(Oc3ccccc3)c2)C1(C)C(F)(F)F. The highest BCUT2D eigenvalue weighted by molar-refractivity contribution is 6.29. The minimum atomic E-state index is -4.68. The van der Waals surface area contributed by atoms with Gasteiger partial charge in [0.05, 0.1) is 16.2 Å². The van der Waals surface area contributed by atoms with Crippen LogP contribution in [-0.4, -0.2) is 17.0 Å². The molecule has 0 amide bonds. The van der Waals surface area contributed by atoms with E-state index < -0.39 is 34.5 Å². The van der Waals surface area contributed by atoms with E-state index >= 15 is 0 Å². The smallest absolute Gasteiger partial charge is 0.396 e. The highest BCUT2D eigenvalue weighted by Crippen LogP contribution is 2.73. The van der Waals surface area contributed by atoms with E-state index in [0.717, 1.165) is 13.8 Å². The molecular weight excluding hydrogens is 407 g/mol. The number of carbonyl (C=O) groups excluding carboxylic acids is 1. The van der Waals surface area contributed by atoms with Crippen molar-refractivity contribution in [3.05, 3.63) is 60.2 Å². The van der Waals surface area contributed by atoms with Crippen LogP contribution in [0.4, 0.5) is 13.2 Å². The van der Waals surface area contributed by atoms with E-state index in [2.05, 4.69) is 0 Å². The van der Waals surface area contributed by atoms with Crippen LogP contribution >= 0.6 is 11.6 Å². The third-order valence-corrected chi connectivity index (χ3v) is 5.98. The Hall–Kier alpha value is -2.72. The number of hydrogen-bond acceptors (Lipinski definition) is 4. The number of nitriles is 1. The van der Waals surface area contributed by atoms with Crippen molar-refractivity contribution in [2.75, 3.05) is 0 Å². The fraction of sp³-hybridized carbons (Fsp3) is 0.333.